The first-order valence-electron chi connectivity index (χ1n) is 6.16. The fourth-order valence-electron chi connectivity index (χ4n) is 2.06. The normalized spacial score (nSPS) is 13.1. The predicted molar refractivity (Wildman–Crippen MR) is 80.0 cm³/mol. The maximum absolute atomic E-state index is 14.0. The van der Waals surface area contributed by atoms with E-state index in [0.717, 1.165) is 0 Å². The Morgan fingerprint density at radius 3 is 2.52 bits per heavy atom. The Hall–Kier alpha value is -1.59. The third kappa shape index (κ3) is 2.63. The van der Waals surface area contributed by atoms with Gasteiger partial charge in [0.05, 0.1) is 10.6 Å². The maximum Gasteiger partial charge on any atom is 0.197 e. The van der Waals surface area contributed by atoms with E-state index in [4.69, 9.17) is 21.1 Å². The summed E-state index contributed by atoms with van der Waals surface area (Å²) in [7, 11) is 0. The molecule has 1 aliphatic heterocycles. The summed E-state index contributed by atoms with van der Waals surface area (Å²) in [6.07, 6.45) is 0. The number of hydrogen-bond donors (Lipinski definition) is 0. The van der Waals surface area contributed by atoms with E-state index in [1.54, 1.807) is 12.1 Å². The summed E-state index contributed by atoms with van der Waals surface area (Å²) in [5, 5.41) is -0.0884. The van der Waals surface area contributed by atoms with Gasteiger partial charge in [-0.3, -0.25) is 4.79 Å². The van der Waals surface area contributed by atoms with Gasteiger partial charge in [0.25, 0.3) is 0 Å². The summed E-state index contributed by atoms with van der Waals surface area (Å²) in [6, 6.07) is 7.51. The minimum absolute atomic E-state index is 0.0834. The average molecular weight is 372 g/mol. The lowest BCUT2D eigenvalue weighted by Crippen LogP contribution is -2.16. The van der Waals surface area contributed by atoms with E-state index in [1.807, 2.05) is 0 Å². The predicted octanol–water partition coefficient (Wildman–Crippen LogP) is 4.24. The van der Waals surface area contributed by atoms with Crippen LogP contribution in [0.5, 0.6) is 11.5 Å². The first kappa shape index (κ1) is 14.4. The molecule has 0 fully saturated rings. The summed E-state index contributed by atoms with van der Waals surface area (Å²) in [6.45, 7) is 0.865. The first-order chi connectivity index (χ1) is 10.1. The SMILES string of the molecule is O=C(c1cc2c(cc1Br)OCCO2)c1cccc(Cl)c1F. The largest absolute Gasteiger partial charge is 0.486 e. The van der Waals surface area contributed by atoms with Crippen LogP contribution in [-0.4, -0.2) is 19.0 Å². The van der Waals surface area contributed by atoms with Crippen LogP contribution in [0.2, 0.25) is 5.02 Å². The van der Waals surface area contributed by atoms with Crippen LogP contribution in [-0.2, 0) is 0 Å². The van der Waals surface area contributed by atoms with Gasteiger partial charge in [0, 0.05) is 10.0 Å². The van der Waals surface area contributed by atoms with Crippen molar-refractivity contribution in [3.05, 3.63) is 56.8 Å². The average Bonchev–Trinajstić information content (AvgIpc) is 2.48. The van der Waals surface area contributed by atoms with Gasteiger partial charge in [-0.05, 0) is 40.2 Å². The van der Waals surface area contributed by atoms with E-state index >= 15 is 0 Å². The summed E-state index contributed by atoms with van der Waals surface area (Å²) in [5.41, 5.74) is 0.209. The Morgan fingerprint density at radius 2 is 1.81 bits per heavy atom. The highest BCUT2D eigenvalue weighted by atomic mass is 79.9. The molecule has 0 spiro atoms. The second kappa shape index (κ2) is 5.66. The van der Waals surface area contributed by atoms with Gasteiger partial charge in [-0.2, -0.15) is 0 Å². The van der Waals surface area contributed by atoms with Crippen molar-refractivity contribution in [2.24, 2.45) is 0 Å². The lowest BCUT2D eigenvalue weighted by Gasteiger charge is -2.19. The quantitative estimate of drug-likeness (QED) is 0.741. The van der Waals surface area contributed by atoms with Crippen molar-refractivity contribution in [1.82, 2.24) is 0 Å². The van der Waals surface area contributed by atoms with Gasteiger partial charge in [-0.25, -0.2) is 4.39 Å². The Labute approximate surface area is 133 Å². The van der Waals surface area contributed by atoms with Crippen LogP contribution in [0.15, 0.2) is 34.8 Å². The molecule has 0 saturated carbocycles. The van der Waals surface area contributed by atoms with E-state index in [0.29, 0.717) is 34.7 Å². The molecule has 0 aliphatic carbocycles. The van der Waals surface area contributed by atoms with E-state index in [9.17, 15) is 9.18 Å². The highest BCUT2D eigenvalue weighted by Crippen LogP contribution is 2.36. The smallest absolute Gasteiger partial charge is 0.197 e. The van der Waals surface area contributed by atoms with Crippen LogP contribution < -0.4 is 9.47 Å². The van der Waals surface area contributed by atoms with E-state index < -0.39 is 11.6 Å². The molecule has 3 rings (SSSR count). The standard InChI is InChI=1S/C15H9BrClFO3/c16-10-7-13-12(20-4-5-21-13)6-9(10)15(19)8-2-1-3-11(17)14(8)18/h1-3,6-7H,4-5H2. The summed E-state index contributed by atoms with van der Waals surface area (Å²) >= 11 is 9.02. The Morgan fingerprint density at radius 1 is 1.14 bits per heavy atom. The monoisotopic (exact) mass is 370 g/mol. The highest BCUT2D eigenvalue weighted by Gasteiger charge is 2.22. The second-order valence-corrected chi connectivity index (χ2v) is 5.67. The van der Waals surface area contributed by atoms with E-state index in [1.165, 1.54) is 18.2 Å². The van der Waals surface area contributed by atoms with Crippen LogP contribution in [0, 0.1) is 5.82 Å². The van der Waals surface area contributed by atoms with Crippen molar-refractivity contribution in [2.45, 2.75) is 0 Å². The van der Waals surface area contributed by atoms with Gasteiger partial charge >= 0.3 is 0 Å². The van der Waals surface area contributed by atoms with Crippen molar-refractivity contribution < 1.29 is 18.7 Å². The van der Waals surface area contributed by atoms with Crippen LogP contribution in [0.3, 0.4) is 0 Å². The molecule has 1 heterocycles. The number of carbonyl (C=O) groups excluding carboxylic acids is 1. The van der Waals surface area contributed by atoms with Gasteiger partial charge in [-0.15, -0.1) is 0 Å². The summed E-state index contributed by atoms with van der Waals surface area (Å²) < 4.78 is 25.4. The third-order valence-electron chi connectivity index (χ3n) is 3.07. The van der Waals surface area contributed by atoms with Crippen molar-refractivity contribution >= 4 is 33.3 Å². The molecule has 2 aromatic carbocycles. The molecule has 0 aromatic heterocycles. The molecule has 21 heavy (non-hydrogen) atoms. The van der Waals surface area contributed by atoms with Crippen molar-refractivity contribution in [2.75, 3.05) is 13.2 Å². The molecule has 108 valence electrons. The molecule has 1 aliphatic rings. The number of halogens is 3. The highest BCUT2D eigenvalue weighted by molar-refractivity contribution is 9.10. The fraction of sp³-hybridized carbons (Fsp3) is 0.133. The lowest BCUT2D eigenvalue weighted by atomic mass is 10.0. The lowest BCUT2D eigenvalue weighted by molar-refractivity contribution is 0.103. The topological polar surface area (TPSA) is 35.5 Å². The molecule has 0 bridgehead atoms. The third-order valence-corrected chi connectivity index (χ3v) is 4.02. The molecule has 0 unspecified atom stereocenters. The van der Waals surface area contributed by atoms with E-state index in [2.05, 4.69) is 15.9 Å². The van der Waals surface area contributed by atoms with Crippen molar-refractivity contribution in [3.8, 4) is 11.5 Å². The van der Waals surface area contributed by atoms with Crippen LogP contribution in [0.1, 0.15) is 15.9 Å². The zero-order chi connectivity index (χ0) is 15.0. The van der Waals surface area contributed by atoms with Gasteiger partial charge < -0.3 is 9.47 Å². The molecule has 0 N–H and O–H groups in total. The number of hydrogen-bond acceptors (Lipinski definition) is 3. The molecular formula is C15H9BrClFO3. The Bertz CT molecular complexity index is 733. The van der Waals surface area contributed by atoms with Gasteiger partial charge in [0.1, 0.15) is 13.2 Å². The molecule has 2 aromatic rings. The zero-order valence-electron chi connectivity index (χ0n) is 10.7. The minimum Gasteiger partial charge on any atom is -0.486 e. The molecule has 0 radical (unpaired) electrons. The van der Waals surface area contributed by atoms with Crippen LogP contribution in [0.25, 0.3) is 0 Å². The van der Waals surface area contributed by atoms with Gasteiger partial charge in [-0.1, -0.05) is 17.7 Å². The molecular weight excluding hydrogens is 363 g/mol. The Kier molecular flexibility index (Phi) is 3.87. The zero-order valence-corrected chi connectivity index (χ0v) is 13.0. The number of ketones is 1. The number of ether oxygens (including phenoxy) is 2. The number of benzene rings is 2. The Balaban J connectivity index is 2.07. The number of carbonyl (C=O) groups is 1. The second-order valence-electron chi connectivity index (χ2n) is 4.41. The molecule has 0 amide bonds. The molecule has 0 saturated heterocycles. The number of rotatable bonds is 2. The molecule has 6 heteroatoms. The van der Waals surface area contributed by atoms with E-state index in [-0.39, 0.29) is 10.6 Å². The summed E-state index contributed by atoms with van der Waals surface area (Å²) in [4.78, 5) is 12.5. The number of fused-ring (bicyclic) bond motifs is 1. The first-order valence-corrected chi connectivity index (χ1v) is 7.33. The van der Waals surface area contributed by atoms with Gasteiger partial charge in [0.15, 0.2) is 23.1 Å². The van der Waals surface area contributed by atoms with Gasteiger partial charge in [0.2, 0.25) is 0 Å². The molecule has 0 atom stereocenters. The molecule has 3 nitrogen and oxygen atoms in total. The van der Waals surface area contributed by atoms with Crippen LogP contribution in [0.4, 0.5) is 4.39 Å². The van der Waals surface area contributed by atoms with Crippen molar-refractivity contribution in [1.29, 1.82) is 0 Å². The maximum atomic E-state index is 14.0. The van der Waals surface area contributed by atoms with Crippen LogP contribution >= 0.6 is 27.5 Å². The fourth-order valence-corrected chi connectivity index (χ4v) is 2.74. The van der Waals surface area contributed by atoms with Crippen molar-refractivity contribution in [3.63, 3.8) is 0 Å². The minimum atomic E-state index is -0.731. The summed E-state index contributed by atoms with van der Waals surface area (Å²) in [5.74, 6) is -0.184.